The van der Waals surface area contributed by atoms with Crippen molar-refractivity contribution in [3.8, 4) is 0 Å². The number of allylic oxidation sites excluding steroid dienone is 1. The lowest BCUT2D eigenvalue weighted by atomic mass is 9.91. The van der Waals surface area contributed by atoms with Gasteiger partial charge in [-0.2, -0.15) is 0 Å². The Morgan fingerprint density at radius 3 is 2.40 bits per heavy atom. The Morgan fingerprint density at radius 2 is 1.93 bits per heavy atom. The van der Waals surface area contributed by atoms with Crippen LogP contribution in [-0.2, 0) is 4.79 Å². The molecule has 2 atom stereocenters. The van der Waals surface area contributed by atoms with Crippen LogP contribution in [0.5, 0.6) is 0 Å². The molecular weight excluding hydrogens is 186 g/mol. The van der Waals surface area contributed by atoms with E-state index in [1.807, 2.05) is 13.0 Å². The topological polar surface area (TPSA) is 29.4 Å². The van der Waals surface area contributed by atoms with Crippen molar-refractivity contribution in [3.05, 3.63) is 31.7 Å². The Labute approximate surface area is 92.8 Å². The lowest BCUT2D eigenvalue weighted by Crippen LogP contribution is -2.11. The molecule has 0 spiro atoms. The minimum absolute atomic E-state index is 0.0323. The number of hydrogen-bond acceptors (Lipinski definition) is 2. The highest BCUT2D eigenvalue weighted by molar-refractivity contribution is 5.33. The molecule has 0 aliphatic rings. The Morgan fingerprint density at radius 1 is 1.27 bits per heavy atom. The number of carbonyl (C=O) groups excluding carboxylic acids is 1. The first-order valence-corrected chi connectivity index (χ1v) is 5.35. The third-order valence-corrected chi connectivity index (χ3v) is 2.35. The Bertz CT molecular complexity index is 229. The maximum absolute atomic E-state index is 10.2. The van der Waals surface area contributed by atoms with Gasteiger partial charge in [0.25, 0.3) is 0 Å². The third-order valence-electron chi connectivity index (χ3n) is 2.35. The Hall–Kier alpha value is -1.14. The average Bonchev–Trinajstić information content (AvgIpc) is 2.19. The summed E-state index contributed by atoms with van der Waals surface area (Å²) in [5.74, 6) is 0.523. The molecule has 2 unspecified atom stereocenters. The van der Waals surface area contributed by atoms with Crippen LogP contribution in [-0.4, -0.2) is 12.1 Å². The van der Waals surface area contributed by atoms with E-state index in [0.29, 0.717) is 5.92 Å². The molecule has 0 N–H and O–H groups in total. The zero-order chi connectivity index (χ0) is 11.5. The van der Waals surface area contributed by atoms with Gasteiger partial charge in [-0.15, -0.1) is 13.2 Å². The van der Waals surface area contributed by atoms with E-state index in [-0.39, 0.29) is 6.04 Å². The summed E-state index contributed by atoms with van der Waals surface area (Å²) in [6.07, 6.45) is 11.1. The summed E-state index contributed by atoms with van der Waals surface area (Å²) in [5.41, 5.74) is 0. The number of isocyanates is 1. The lowest BCUT2D eigenvalue weighted by Gasteiger charge is -2.17. The van der Waals surface area contributed by atoms with Crippen LogP contribution in [0.15, 0.2) is 30.3 Å². The van der Waals surface area contributed by atoms with Crippen molar-refractivity contribution in [2.75, 3.05) is 0 Å². The molecule has 2 heteroatoms. The summed E-state index contributed by atoms with van der Waals surface area (Å²) >= 11 is 0. The molecule has 0 heterocycles. The molecule has 0 aromatic heterocycles. The van der Waals surface area contributed by atoms with Crippen molar-refractivity contribution in [1.29, 1.82) is 0 Å². The molecule has 0 rings (SSSR count). The van der Waals surface area contributed by atoms with Gasteiger partial charge in [-0.1, -0.05) is 19.1 Å². The van der Waals surface area contributed by atoms with Crippen molar-refractivity contribution >= 4 is 6.08 Å². The van der Waals surface area contributed by atoms with Crippen LogP contribution >= 0.6 is 0 Å². The molecule has 1 radical (unpaired) electrons. The van der Waals surface area contributed by atoms with Gasteiger partial charge >= 0.3 is 0 Å². The summed E-state index contributed by atoms with van der Waals surface area (Å²) < 4.78 is 0. The lowest BCUT2D eigenvalue weighted by molar-refractivity contribution is 0.430. The molecule has 0 bridgehead atoms. The molecule has 0 saturated heterocycles. The van der Waals surface area contributed by atoms with Gasteiger partial charge < -0.3 is 0 Å². The molecule has 0 aromatic carbocycles. The van der Waals surface area contributed by atoms with Gasteiger partial charge in [-0.3, -0.25) is 0 Å². The molecular formula is C13H20NO. The first kappa shape index (κ1) is 13.9. The fourth-order valence-electron chi connectivity index (χ4n) is 1.71. The molecule has 0 aliphatic heterocycles. The maximum Gasteiger partial charge on any atom is 0.235 e. The number of rotatable bonds is 9. The molecule has 0 aromatic rings. The fraction of sp³-hybridized carbons (Fsp3) is 0.538. The van der Waals surface area contributed by atoms with Gasteiger partial charge in [0, 0.05) is 0 Å². The molecule has 0 saturated carbocycles. The van der Waals surface area contributed by atoms with E-state index in [4.69, 9.17) is 0 Å². The molecule has 0 aliphatic carbocycles. The monoisotopic (exact) mass is 206 g/mol. The molecule has 2 nitrogen and oxygen atoms in total. The van der Waals surface area contributed by atoms with Crippen LogP contribution in [0.1, 0.15) is 32.6 Å². The standard InChI is InChI=1S/C13H20NO/c1-4-7-12(8-5-2)10-13(9-6-3)14-11-15/h4-6,12-13H,1,3,7-10H2,2H3. The first-order chi connectivity index (χ1) is 7.28. The van der Waals surface area contributed by atoms with E-state index < -0.39 is 0 Å². The van der Waals surface area contributed by atoms with E-state index in [0.717, 1.165) is 25.7 Å². The van der Waals surface area contributed by atoms with Gasteiger partial charge in [0.1, 0.15) is 0 Å². The molecule has 83 valence electrons. The highest BCUT2D eigenvalue weighted by atomic mass is 16.1. The smallest absolute Gasteiger partial charge is 0.211 e. The van der Waals surface area contributed by atoms with Crippen LogP contribution in [0.25, 0.3) is 0 Å². The van der Waals surface area contributed by atoms with E-state index in [1.54, 1.807) is 12.2 Å². The minimum Gasteiger partial charge on any atom is -0.211 e. The van der Waals surface area contributed by atoms with Crippen molar-refractivity contribution in [1.82, 2.24) is 0 Å². The van der Waals surface area contributed by atoms with Gasteiger partial charge in [0.05, 0.1) is 6.04 Å². The van der Waals surface area contributed by atoms with Crippen LogP contribution in [0, 0.1) is 12.3 Å². The molecule has 0 amide bonds. The minimum atomic E-state index is 0.0323. The van der Waals surface area contributed by atoms with Crippen molar-refractivity contribution < 1.29 is 4.79 Å². The van der Waals surface area contributed by atoms with Crippen LogP contribution in [0.2, 0.25) is 0 Å². The SMILES string of the molecule is C=CCC(C[CH]C)CC(CC=C)N=C=O. The Balaban J connectivity index is 4.22. The summed E-state index contributed by atoms with van der Waals surface area (Å²) in [6.45, 7) is 9.45. The fourth-order valence-corrected chi connectivity index (χ4v) is 1.71. The van der Waals surface area contributed by atoms with Crippen LogP contribution < -0.4 is 0 Å². The first-order valence-electron chi connectivity index (χ1n) is 5.35. The highest BCUT2D eigenvalue weighted by Crippen LogP contribution is 2.20. The van der Waals surface area contributed by atoms with Crippen molar-refractivity contribution in [3.63, 3.8) is 0 Å². The summed E-state index contributed by atoms with van der Waals surface area (Å²) in [7, 11) is 0. The second-order valence-corrected chi connectivity index (χ2v) is 3.67. The normalized spacial score (nSPS) is 13.7. The van der Waals surface area contributed by atoms with E-state index >= 15 is 0 Å². The van der Waals surface area contributed by atoms with E-state index in [2.05, 4.69) is 24.6 Å². The second kappa shape index (κ2) is 9.42. The van der Waals surface area contributed by atoms with Gasteiger partial charge in [0.2, 0.25) is 6.08 Å². The van der Waals surface area contributed by atoms with Crippen molar-refractivity contribution in [2.45, 2.75) is 38.6 Å². The van der Waals surface area contributed by atoms with Crippen molar-refractivity contribution in [2.24, 2.45) is 10.9 Å². The predicted octanol–water partition coefficient (Wildman–Crippen LogP) is 3.46. The zero-order valence-corrected chi connectivity index (χ0v) is 9.48. The summed E-state index contributed by atoms with van der Waals surface area (Å²) in [5, 5.41) is 0. The highest BCUT2D eigenvalue weighted by Gasteiger charge is 2.13. The molecule has 0 fully saturated rings. The maximum atomic E-state index is 10.2. The van der Waals surface area contributed by atoms with Gasteiger partial charge in [0.15, 0.2) is 0 Å². The zero-order valence-electron chi connectivity index (χ0n) is 9.48. The van der Waals surface area contributed by atoms with E-state index in [1.165, 1.54) is 0 Å². The van der Waals surface area contributed by atoms with Crippen LogP contribution in [0.4, 0.5) is 0 Å². The quantitative estimate of drug-likeness (QED) is 0.323. The average molecular weight is 206 g/mol. The van der Waals surface area contributed by atoms with Gasteiger partial charge in [-0.25, -0.2) is 9.79 Å². The third kappa shape index (κ3) is 6.87. The number of aliphatic imine (C=N–C) groups is 1. The summed E-state index contributed by atoms with van der Waals surface area (Å²) in [4.78, 5) is 14.0. The molecule has 15 heavy (non-hydrogen) atoms. The predicted molar refractivity (Wildman–Crippen MR) is 64.2 cm³/mol. The number of nitrogens with zero attached hydrogens (tertiary/aromatic N) is 1. The largest absolute Gasteiger partial charge is 0.235 e. The van der Waals surface area contributed by atoms with E-state index in [9.17, 15) is 4.79 Å². The second-order valence-electron chi connectivity index (χ2n) is 3.67. The summed E-state index contributed by atoms with van der Waals surface area (Å²) in [6, 6.07) is 0.0323. The number of hydrogen-bond donors (Lipinski definition) is 0. The van der Waals surface area contributed by atoms with Gasteiger partial charge in [-0.05, 0) is 38.0 Å². The Kier molecular flexibility index (Phi) is 8.70. The van der Waals surface area contributed by atoms with Crippen LogP contribution in [0.3, 0.4) is 0 Å².